The first kappa shape index (κ1) is 11.8. The molecule has 0 fully saturated rings. The van der Waals surface area contributed by atoms with E-state index in [2.05, 4.69) is 15.5 Å². The maximum absolute atomic E-state index is 9.76. The van der Waals surface area contributed by atoms with Gasteiger partial charge in [-0.2, -0.15) is 10.2 Å². The Labute approximate surface area is 99.9 Å². The maximum atomic E-state index is 9.76. The average molecular weight is 235 g/mol. The lowest BCUT2D eigenvalue weighted by atomic mass is 10.3. The summed E-state index contributed by atoms with van der Waals surface area (Å²) < 4.78 is 3.48. The molecule has 0 spiro atoms. The Morgan fingerprint density at radius 3 is 3.00 bits per heavy atom. The molecule has 0 saturated heterocycles. The van der Waals surface area contributed by atoms with E-state index in [4.69, 9.17) is 0 Å². The summed E-state index contributed by atoms with van der Waals surface area (Å²) in [7, 11) is 1.88. The lowest BCUT2D eigenvalue weighted by molar-refractivity contribution is 0.146. The van der Waals surface area contributed by atoms with Crippen LogP contribution in [0.1, 0.15) is 5.56 Å². The molecule has 0 aliphatic carbocycles. The molecule has 1 unspecified atom stereocenters. The molecule has 0 radical (unpaired) electrons. The van der Waals surface area contributed by atoms with E-state index in [0.717, 1.165) is 5.56 Å². The zero-order chi connectivity index (χ0) is 12.1. The molecule has 2 rings (SSSR count). The van der Waals surface area contributed by atoms with Gasteiger partial charge in [0.15, 0.2) is 0 Å². The van der Waals surface area contributed by atoms with Gasteiger partial charge in [-0.15, -0.1) is 0 Å². The summed E-state index contributed by atoms with van der Waals surface area (Å²) in [6, 6.07) is 1.84. The van der Waals surface area contributed by atoms with Gasteiger partial charge in [-0.05, 0) is 6.07 Å². The summed E-state index contributed by atoms with van der Waals surface area (Å²) in [5.41, 5.74) is 1.11. The smallest absolute Gasteiger partial charge is 0.0860 e. The van der Waals surface area contributed by atoms with Crippen molar-refractivity contribution >= 4 is 0 Å². The Morgan fingerprint density at radius 2 is 2.35 bits per heavy atom. The molecule has 92 valence electrons. The van der Waals surface area contributed by atoms with Gasteiger partial charge in [-0.3, -0.25) is 9.36 Å². The molecule has 0 aliphatic rings. The summed E-state index contributed by atoms with van der Waals surface area (Å²) >= 11 is 0. The molecule has 17 heavy (non-hydrogen) atoms. The van der Waals surface area contributed by atoms with Gasteiger partial charge >= 0.3 is 0 Å². The second kappa shape index (κ2) is 5.60. The highest BCUT2D eigenvalue weighted by molar-refractivity contribution is 5.02. The number of aromatic nitrogens is 4. The van der Waals surface area contributed by atoms with Crippen LogP contribution in [0.3, 0.4) is 0 Å². The monoisotopic (exact) mass is 235 g/mol. The second-order valence-electron chi connectivity index (χ2n) is 4.04. The zero-order valence-corrected chi connectivity index (χ0v) is 9.82. The van der Waals surface area contributed by atoms with E-state index in [0.29, 0.717) is 19.6 Å². The third kappa shape index (κ3) is 3.69. The SMILES string of the molecule is Cn1cc(CNCC(O)Cn2cccn2)cn1. The van der Waals surface area contributed by atoms with Crippen LogP contribution in [0.15, 0.2) is 30.9 Å². The summed E-state index contributed by atoms with van der Waals surface area (Å²) in [6.07, 6.45) is 6.87. The van der Waals surface area contributed by atoms with Crippen molar-refractivity contribution in [2.45, 2.75) is 19.2 Å². The van der Waals surface area contributed by atoms with Gasteiger partial charge in [0.05, 0.1) is 18.8 Å². The first-order valence-electron chi connectivity index (χ1n) is 5.58. The molecule has 0 amide bonds. The number of rotatable bonds is 6. The normalized spacial score (nSPS) is 12.8. The molecule has 2 N–H and O–H groups in total. The molecule has 1 atom stereocenters. The van der Waals surface area contributed by atoms with E-state index >= 15 is 0 Å². The van der Waals surface area contributed by atoms with Crippen LogP contribution in [0.25, 0.3) is 0 Å². The summed E-state index contributed by atoms with van der Waals surface area (Å²) in [5, 5.41) is 21.1. The van der Waals surface area contributed by atoms with Crippen LogP contribution in [0, 0.1) is 0 Å². The third-order valence-electron chi connectivity index (χ3n) is 2.42. The summed E-state index contributed by atoms with van der Waals surface area (Å²) in [5.74, 6) is 0. The minimum atomic E-state index is -0.438. The quantitative estimate of drug-likeness (QED) is 0.725. The summed E-state index contributed by atoms with van der Waals surface area (Å²) in [6.45, 7) is 1.76. The topological polar surface area (TPSA) is 67.9 Å². The van der Waals surface area contributed by atoms with Crippen LogP contribution in [0.4, 0.5) is 0 Å². The fraction of sp³-hybridized carbons (Fsp3) is 0.455. The van der Waals surface area contributed by atoms with Crippen LogP contribution < -0.4 is 5.32 Å². The lowest BCUT2D eigenvalue weighted by Gasteiger charge is -2.11. The molecule has 6 heteroatoms. The van der Waals surface area contributed by atoms with Gasteiger partial charge < -0.3 is 10.4 Å². The van der Waals surface area contributed by atoms with Gasteiger partial charge in [0.1, 0.15) is 0 Å². The van der Waals surface area contributed by atoms with Crippen molar-refractivity contribution in [1.29, 1.82) is 0 Å². The first-order chi connectivity index (χ1) is 8.24. The number of nitrogens with one attached hydrogen (secondary N) is 1. The molecule has 2 heterocycles. The van der Waals surface area contributed by atoms with Crippen LogP contribution >= 0.6 is 0 Å². The van der Waals surface area contributed by atoms with Crippen molar-refractivity contribution in [3.8, 4) is 0 Å². The van der Waals surface area contributed by atoms with Gasteiger partial charge in [0, 0.05) is 44.3 Å². The number of hydrogen-bond donors (Lipinski definition) is 2. The second-order valence-corrected chi connectivity index (χ2v) is 4.04. The average Bonchev–Trinajstić information content (AvgIpc) is 2.90. The minimum absolute atomic E-state index is 0.438. The first-order valence-corrected chi connectivity index (χ1v) is 5.58. The van der Waals surface area contributed by atoms with E-state index in [1.165, 1.54) is 0 Å². The van der Waals surface area contributed by atoms with Crippen molar-refractivity contribution < 1.29 is 5.11 Å². The number of aryl methyl sites for hydroxylation is 1. The fourth-order valence-corrected chi connectivity index (χ4v) is 1.64. The maximum Gasteiger partial charge on any atom is 0.0860 e. The molecular weight excluding hydrogens is 218 g/mol. The van der Waals surface area contributed by atoms with Crippen LogP contribution in [0.5, 0.6) is 0 Å². The van der Waals surface area contributed by atoms with Crippen LogP contribution in [-0.4, -0.2) is 37.3 Å². The molecular formula is C11H17N5O. The van der Waals surface area contributed by atoms with Crippen molar-refractivity contribution in [2.75, 3.05) is 6.54 Å². The molecule has 0 aromatic carbocycles. The number of hydrogen-bond acceptors (Lipinski definition) is 4. The van der Waals surface area contributed by atoms with E-state index in [1.807, 2.05) is 31.7 Å². The highest BCUT2D eigenvalue weighted by Crippen LogP contribution is 1.95. The van der Waals surface area contributed by atoms with E-state index < -0.39 is 6.10 Å². The molecule has 2 aromatic heterocycles. The van der Waals surface area contributed by atoms with Crippen molar-refractivity contribution in [3.63, 3.8) is 0 Å². The Hall–Kier alpha value is -1.66. The van der Waals surface area contributed by atoms with Gasteiger partial charge in [0.2, 0.25) is 0 Å². The Bertz CT molecular complexity index is 436. The van der Waals surface area contributed by atoms with Gasteiger partial charge in [-0.1, -0.05) is 0 Å². The molecule has 6 nitrogen and oxygen atoms in total. The largest absolute Gasteiger partial charge is 0.390 e. The van der Waals surface area contributed by atoms with Crippen LogP contribution in [-0.2, 0) is 20.1 Å². The fourth-order valence-electron chi connectivity index (χ4n) is 1.64. The van der Waals surface area contributed by atoms with Crippen molar-refractivity contribution in [3.05, 3.63) is 36.4 Å². The summed E-state index contributed by atoms with van der Waals surface area (Å²) in [4.78, 5) is 0. The highest BCUT2D eigenvalue weighted by Gasteiger charge is 2.05. The number of aliphatic hydroxyl groups excluding tert-OH is 1. The number of aliphatic hydroxyl groups is 1. The molecule has 0 bridgehead atoms. The van der Waals surface area contributed by atoms with E-state index in [9.17, 15) is 5.11 Å². The predicted molar refractivity (Wildman–Crippen MR) is 63.1 cm³/mol. The Balaban J connectivity index is 1.68. The lowest BCUT2D eigenvalue weighted by Crippen LogP contribution is -2.30. The predicted octanol–water partition coefficient (Wildman–Crippen LogP) is -0.233. The van der Waals surface area contributed by atoms with Crippen LogP contribution in [0.2, 0.25) is 0 Å². The third-order valence-corrected chi connectivity index (χ3v) is 2.42. The highest BCUT2D eigenvalue weighted by atomic mass is 16.3. The molecule has 2 aromatic rings. The van der Waals surface area contributed by atoms with Crippen molar-refractivity contribution in [2.24, 2.45) is 7.05 Å². The van der Waals surface area contributed by atoms with Gasteiger partial charge in [-0.25, -0.2) is 0 Å². The Morgan fingerprint density at radius 1 is 1.47 bits per heavy atom. The van der Waals surface area contributed by atoms with E-state index in [-0.39, 0.29) is 0 Å². The van der Waals surface area contributed by atoms with Crippen molar-refractivity contribution in [1.82, 2.24) is 24.9 Å². The molecule has 0 saturated carbocycles. The molecule has 0 aliphatic heterocycles. The number of nitrogens with zero attached hydrogens (tertiary/aromatic N) is 4. The van der Waals surface area contributed by atoms with E-state index in [1.54, 1.807) is 15.6 Å². The zero-order valence-electron chi connectivity index (χ0n) is 9.82. The minimum Gasteiger partial charge on any atom is -0.390 e. The Kier molecular flexibility index (Phi) is 3.89. The standard InChI is InChI=1S/C11H17N5O/c1-15-8-10(6-14-15)5-12-7-11(17)9-16-4-2-3-13-16/h2-4,6,8,11-12,17H,5,7,9H2,1H3. The van der Waals surface area contributed by atoms with Gasteiger partial charge in [0.25, 0.3) is 0 Å².